The Bertz CT molecular complexity index is 442. The fraction of sp³-hybridized carbons (Fsp3) is 0.182. The van der Waals surface area contributed by atoms with E-state index < -0.39 is 0 Å². The van der Waals surface area contributed by atoms with Gasteiger partial charge in [-0.25, -0.2) is 0 Å². The number of hydrogen-bond donors (Lipinski definition) is 0. The number of allylic oxidation sites excluding steroid dienone is 1. The molecule has 0 atom stereocenters. The molecule has 2 heteroatoms. The lowest BCUT2D eigenvalue weighted by molar-refractivity contribution is -0.667. The van der Waals surface area contributed by atoms with E-state index in [0.29, 0.717) is 0 Å². The SMILES string of the molecule is C=C(C)C[n+]1coc2ccccc21. The number of oxazole rings is 1. The van der Waals surface area contributed by atoms with Crippen molar-refractivity contribution in [1.29, 1.82) is 0 Å². The number of para-hydroxylation sites is 2. The summed E-state index contributed by atoms with van der Waals surface area (Å²) < 4.78 is 7.43. The van der Waals surface area contributed by atoms with Crippen LogP contribution in [0, 0.1) is 0 Å². The standard InChI is InChI=1S/C11H12NO/c1-9(2)7-12-8-13-11-6-4-3-5-10(11)12/h3-6,8H,1,7H2,2H3/q+1. The highest BCUT2D eigenvalue weighted by molar-refractivity contribution is 5.67. The van der Waals surface area contributed by atoms with Crippen molar-refractivity contribution in [3.63, 3.8) is 0 Å². The van der Waals surface area contributed by atoms with Crippen molar-refractivity contribution >= 4 is 11.1 Å². The smallest absolute Gasteiger partial charge is 0.335 e. The minimum absolute atomic E-state index is 0.816. The highest BCUT2D eigenvalue weighted by Gasteiger charge is 2.11. The predicted molar refractivity (Wildman–Crippen MR) is 51.2 cm³/mol. The second-order valence-electron chi connectivity index (χ2n) is 3.28. The van der Waals surface area contributed by atoms with Crippen molar-refractivity contribution in [2.75, 3.05) is 0 Å². The van der Waals surface area contributed by atoms with Crippen molar-refractivity contribution in [3.8, 4) is 0 Å². The van der Waals surface area contributed by atoms with Gasteiger partial charge >= 0.3 is 6.39 Å². The van der Waals surface area contributed by atoms with Crippen molar-refractivity contribution in [3.05, 3.63) is 42.8 Å². The molecule has 0 aliphatic rings. The highest BCUT2D eigenvalue weighted by Crippen LogP contribution is 2.09. The fourth-order valence-corrected chi connectivity index (χ4v) is 1.38. The summed E-state index contributed by atoms with van der Waals surface area (Å²) in [6, 6.07) is 7.98. The average molecular weight is 174 g/mol. The van der Waals surface area contributed by atoms with Crippen LogP contribution in [0.4, 0.5) is 0 Å². The maximum Gasteiger partial charge on any atom is 0.335 e. The largest absolute Gasteiger partial charge is 0.404 e. The molecule has 0 saturated heterocycles. The summed E-state index contributed by atoms with van der Waals surface area (Å²) in [4.78, 5) is 0. The first kappa shape index (κ1) is 8.05. The highest BCUT2D eigenvalue weighted by atomic mass is 16.3. The third kappa shape index (κ3) is 1.47. The lowest BCUT2D eigenvalue weighted by Crippen LogP contribution is -2.31. The van der Waals surface area contributed by atoms with Crippen molar-refractivity contribution < 1.29 is 8.98 Å². The lowest BCUT2D eigenvalue weighted by atomic mass is 10.3. The lowest BCUT2D eigenvalue weighted by Gasteiger charge is -1.90. The van der Waals surface area contributed by atoms with Crippen LogP contribution in [0.2, 0.25) is 0 Å². The van der Waals surface area contributed by atoms with Crippen LogP contribution in [-0.2, 0) is 6.54 Å². The molecule has 2 aromatic rings. The summed E-state index contributed by atoms with van der Waals surface area (Å²) in [5.74, 6) is 0. The van der Waals surface area contributed by atoms with Crippen molar-refractivity contribution in [2.24, 2.45) is 0 Å². The van der Waals surface area contributed by atoms with Gasteiger partial charge in [0.25, 0.3) is 5.52 Å². The summed E-state index contributed by atoms with van der Waals surface area (Å²) >= 11 is 0. The molecule has 0 bridgehead atoms. The molecule has 0 saturated carbocycles. The van der Waals surface area contributed by atoms with Crippen LogP contribution in [0.3, 0.4) is 0 Å². The molecular weight excluding hydrogens is 162 g/mol. The number of rotatable bonds is 2. The Balaban J connectivity index is 2.51. The molecule has 0 unspecified atom stereocenters. The van der Waals surface area contributed by atoms with E-state index >= 15 is 0 Å². The zero-order chi connectivity index (χ0) is 9.26. The van der Waals surface area contributed by atoms with Crippen LogP contribution >= 0.6 is 0 Å². The van der Waals surface area contributed by atoms with E-state index in [4.69, 9.17) is 4.42 Å². The summed E-state index contributed by atoms with van der Waals surface area (Å²) in [6.07, 6.45) is 1.74. The quantitative estimate of drug-likeness (QED) is 0.504. The predicted octanol–water partition coefficient (Wildman–Crippen LogP) is 2.30. The molecular formula is C11H12NO+. The molecule has 1 aromatic heterocycles. The maximum absolute atomic E-state index is 5.37. The number of hydrogen-bond acceptors (Lipinski definition) is 1. The first-order valence-electron chi connectivity index (χ1n) is 4.27. The number of nitrogens with zero attached hydrogens (tertiary/aromatic N) is 1. The molecule has 0 amide bonds. The van der Waals surface area contributed by atoms with E-state index in [1.807, 2.05) is 31.2 Å². The number of aromatic nitrogens is 1. The van der Waals surface area contributed by atoms with Gasteiger partial charge in [-0.3, -0.25) is 0 Å². The average Bonchev–Trinajstić information content (AvgIpc) is 2.48. The van der Waals surface area contributed by atoms with Gasteiger partial charge in [-0.05, 0) is 18.6 Å². The Morgan fingerprint density at radius 2 is 2.23 bits per heavy atom. The minimum atomic E-state index is 0.816. The van der Waals surface area contributed by atoms with Gasteiger partial charge in [-0.1, -0.05) is 18.7 Å². The summed E-state index contributed by atoms with van der Waals surface area (Å²) in [6.45, 7) is 6.70. The van der Waals surface area contributed by atoms with Gasteiger partial charge in [0, 0.05) is 6.07 Å². The Labute approximate surface area is 77.1 Å². The molecule has 2 nitrogen and oxygen atoms in total. The molecule has 1 heterocycles. The van der Waals surface area contributed by atoms with Gasteiger partial charge in [0.1, 0.15) is 0 Å². The van der Waals surface area contributed by atoms with Crippen molar-refractivity contribution in [1.82, 2.24) is 0 Å². The maximum atomic E-state index is 5.37. The normalized spacial score (nSPS) is 10.5. The van der Waals surface area contributed by atoms with Crippen LogP contribution in [0.5, 0.6) is 0 Å². The Hall–Kier alpha value is -1.57. The van der Waals surface area contributed by atoms with Crippen LogP contribution in [0.1, 0.15) is 6.92 Å². The molecule has 1 aromatic carbocycles. The van der Waals surface area contributed by atoms with Gasteiger partial charge in [0.2, 0.25) is 5.58 Å². The second-order valence-corrected chi connectivity index (χ2v) is 3.28. The topological polar surface area (TPSA) is 17.0 Å². The monoisotopic (exact) mass is 174 g/mol. The van der Waals surface area contributed by atoms with Gasteiger partial charge in [-0.15, -0.1) is 0 Å². The molecule has 0 spiro atoms. The Morgan fingerprint density at radius 1 is 1.46 bits per heavy atom. The van der Waals surface area contributed by atoms with Crippen LogP contribution < -0.4 is 4.57 Å². The van der Waals surface area contributed by atoms with Crippen LogP contribution in [0.25, 0.3) is 11.1 Å². The Kier molecular flexibility index (Phi) is 1.89. The van der Waals surface area contributed by atoms with E-state index in [1.54, 1.807) is 6.39 Å². The Morgan fingerprint density at radius 3 is 3.00 bits per heavy atom. The molecule has 66 valence electrons. The molecule has 13 heavy (non-hydrogen) atoms. The minimum Gasteiger partial charge on any atom is -0.404 e. The number of fused-ring (bicyclic) bond motifs is 1. The molecule has 0 aliphatic heterocycles. The van der Waals surface area contributed by atoms with Crippen LogP contribution in [-0.4, -0.2) is 0 Å². The summed E-state index contributed by atoms with van der Waals surface area (Å²) in [7, 11) is 0. The van der Waals surface area contributed by atoms with E-state index in [9.17, 15) is 0 Å². The van der Waals surface area contributed by atoms with E-state index in [-0.39, 0.29) is 0 Å². The first-order valence-corrected chi connectivity index (χ1v) is 4.27. The molecule has 0 fully saturated rings. The van der Waals surface area contributed by atoms with Crippen LogP contribution in [0.15, 0.2) is 47.2 Å². The zero-order valence-electron chi connectivity index (χ0n) is 7.66. The summed E-state index contributed by atoms with van der Waals surface area (Å²) in [5.41, 5.74) is 3.16. The molecule has 0 radical (unpaired) electrons. The number of benzene rings is 1. The van der Waals surface area contributed by atoms with Gasteiger partial charge in [0.05, 0.1) is 0 Å². The second kappa shape index (κ2) is 3.05. The van der Waals surface area contributed by atoms with E-state index in [0.717, 1.165) is 23.2 Å². The molecule has 0 N–H and O–H groups in total. The zero-order valence-corrected chi connectivity index (χ0v) is 7.66. The van der Waals surface area contributed by atoms with Gasteiger partial charge in [0.15, 0.2) is 6.54 Å². The summed E-state index contributed by atoms with van der Waals surface area (Å²) in [5, 5.41) is 0. The van der Waals surface area contributed by atoms with E-state index in [1.165, 1.54) is 0 Å². The van der Waals surface area contributed by atoms with Crippen molar-refractivity contribution in [2.45, 2.75) is 13.5 Å². The van der Waals surface area contributed by atoms with Gasteiger partial charge < -0.3 is 4.42 Å². The third-order valence-corrected chi connectivity index (χ3v) is 1.92. The van der Waals surface area contributed by atoms with Gasteiger partial charge in [-0.2, -0.15) is 4.57 Å². The third-order valence-electron chi connectivity index (χ3n) is 1.92. The first-order chi connectivity index (χ1) is 6.27. The van der Waals surface area contributed by atoms with E-state index in [2.05, 4.69) is 11.1 Å². The molecule has 0 aliphatic carbocycles. The molecule has 2 rings (SSSR count). The fourth-order valence-electron chi connectivity index (χ4n) is 1.38.